The third kappa shape index (κ3) is 19.8. The molecule has 0 N–H and O–H groups in total. The van der Waals surface area contributed by atoms with Crippen LogP contribution < -0.4 is 29.6 Å². The topological polar surface area (TPSA) is 49.4 Å². The second kappa shape index (κ2) is 13.7. The molecule has 0 aliphatic heterocycles. The van der Waals surface area contributed by atoms with E-state index in [4.69, 9.17) is 0 Å². The minimum atomic E-state index is -3.65. The molecule has 0 amide bonds. The first-order chi connectivity index (χ1) is 7.56. The predicted octanol–water partition coefficient (Wildman–Crippen LogP) is 0.330. The van der Waals surface area contributed by atoms with Crippen LogP contribution in [0, 0.1) is 0 Å². The average molecular weight is 290 g/mol. The molecule has 1 unspecified atom stereocenters. The Morgan fingerprint density at radius 3 is 1.82 bits per heavy atom. The van der Waals surface area contributed by atoms with E-state index in [-0.39, 0.29) is 36.2 Å². The van der Waals surface area contributed by atoms with Gasteiger partial charge in [0.05, 0.1) is 15.7 Å². The maximum absolute atomic E-state index is 10.5. The smallest absolute Gasteiger partial charge is 0.748 e. The van der Waals surface area contributed by atoms with Gasteiger partial charge in [0, 0.05) is 0 Å². The van der Waals surface area contributed by atoms with Crippen LogP contribution in [0.25, 0.3) is 0 Å². The summed E-state index contributed by atoms with van der Waals surface area (Å²) >= 11 is 4.09. The molecule has 98 valence electrons. The van der Waals surface area contributed by atoms with Crippen molar-refractivity contribution in [2.45, 2.75) is 64.7 Å². The molecule has 0 aliphatic carbocycles. The summed E-state index contributed by atoms with van der Waals surface area (Å²) in [7, 11) is -3.65. The number of unbranched alkanes of at least 4 members (excludes halogenated alkanes) is 8. The van der Waals surface area contributed by atoms with Crippen molar-refractivity contribution in [3.63, 3.8) is 0 Å². The quantitative estimate of drug-likeness (QED) is 0.406. The fourth-order valence-electron chi connectivity index (χ4n) is 1.57. The van der Waals surface area contributed by atoms with Crippen molar-refractivity contribution < 1.29 is 42.5 Å². The van der Waals surface area contributed by atoms with Gasteiger partial charge < -0.3 is 4.55 Å². The Hall–Kier alpha value is 1.29. The summed E-state index contributed by atoms with van der Waals surface area (Å²) in [5.41, 5.74) is 0. The standard InChI is InChI=1S/C11H24O3S2.Na/c1-2-3-4-5-6-7-8-9-10-11-14-16(12,13)15;/h2-11H2,1H3,(H,12,13,15);/q;+1/p-1. The van der Waals surface area contributed by atoms with Crippen LogP contribution in [0.3, 0.4) is 0 Å². The molecular weight excluding hydrogens is 267 g/mol. The molecule has 0 aromatic carbocycles. The monoisotopic (exact) mass is 290 g/mol. The normalized spacial score (nSPS) is 14.0. The van der Waals surface area contributed by atoms with Crippen LogP contribution in [0.1, 0.15) is 64.7 Å². The Morgan fingerprint density at radius 1 is 1.00 bits per heavy atom. The number of hydrogen-bond donors (Lipinski definition) is 0. The first kappa shape index (κ1) is 20.6. The Bertz CT molecular complexity index is 243. The fraction of sp³-hybridized carbons (Fsp3) is 1.00. The van der Waals surface area contributed by atoms with Crippen LogP contribution in [-0.2, 0) is 24.4 Å². The molecule has 0 spiro atoms. The Labute approximate surface area is 133 Å². The average Bonchev–Trinajstić information content (AvgIpc) is 2.19. The Balaban J connectivity index is 0. The minimum absolute atomic E-state index is 0. The third-order valence-corrected chi connectivity index (χ3v) is 3.22. The molecule has 1 atom stereocenters. The van der Waals surface area contributed by atoms with Gasteiger partial charge in [0.1, 0.15) is 0 Å². The van der Waals surface area contributed by atoms with E-state index < -0.39 is 9.05 Å². The number of rotatable bonds is 11. The molecule has 0 bridgehead atoms. The molecule has 0 fully saturated rings. The third-order valence-electron chi connectivity index (χ3n) is 2.48. The number of hydrogen-bond acceptors (Lipinski definition) is 4. The van der Waals surface area contributed by atoms with E-state index in [1.165, 1.54) is 38.5 Å². The van der Waals surface area contributed by atoms with Crippen LogP contribution in [-0.4, -0.2) is 15.4 Å². The summed E-state index contributed by atoms with van der Waals surface area (Å²) in [6.07, 6.45) is 10.8. The van der Waals surface area contributed by atoms with Gasteiger partial charge in [0.15, 0.2) is 0 Å². The zero-order valence-corrected chi connectivity index (χ0v) is 14.7. The van der Waals surface area contributed by atoms with Gasteiger partial charge in [-0.05, 0) is 17.6 Å². The summed E-state index contributed by atoms with van der Waals surface area (Å²) in [5, 5.41) is 0. The Morgan fingerprint density at radius 2 is 1.41 bits per heavy atom. The molecule has 0 aromatic heterocycles. The molecule has 0 aliphatic rings. The van der Waals surface area contributed by atoms with Gasteiger partial charge in [-0.1, -0.05) is 58.3 Å². The molecule has 0 aromatic rings. The molecule has 0 saturated carbocycles. The van der Waals surface area contributed by atoms with E-state index in [0.717, 1.165) is 19.3 Å². The van der Waals surface area contributed by atoms with Gasteiger partial charge in [-0.2, -0.15) is 0 Å². The SMILES string of the molecule is CCCCCCCCCCCOS(=O)([O-])=S.[Na+]. The van der Waals surface area contributed by atoms with Gasteiger partial charge >= 0.3 is 29.6 Å². The maximum atomic E-state index is 10.5. The van der Waals surface area contributed by atoms with Gasteiger partial charge in [0.25, 0.3) is 0 Å². The summed E-state index contributed by atoms with van der Waals surface area (Å²) < 4.78 is 25.4. The fourth-order valence-corrected chi connectivity index (χ4v) is 2.10. The summed E-state index contributed by atoms with van der Waals surface area (Å²) in [6.45, 7) is 2.45. The summed E-state index contributed by atoms with van der Waals surface area (Å²) in [4.78, 5) is 0. The summed E-state index contributed by atoms with van der Waals surface area (Å²) in [6, 6.07) is 0. The molecule has 6 heteroatoms. The van der Waals surface area contributed by atoms with E-state index in [1.807, 2.05) is 0 Å². The van der Waals surface area contributed by atoms with Crippen molar-refractivity contribution in [2.75, 3.05) is 6.61 Å². The minimum Gasteiger partial charge on any atom is -0.748 e. The summed E-state index contributed by atoms with van der Waals surface area (Å²) in [5.74, 6) is 0. The second-order valence-electron chi connectivity index (χ2n) is 4.06. The van der Waals surface area contributed by atoms with Crippen LogP contribution in [0.15, 0.2) is 0 Å². The molecule has 17 heavy (non-hydrogen) atoms. The molecule has 3 nitrogen and oxygen atoms in total. The van der Waals surface area contributed by atoms with Gasteiger partial charge in [-0.3, -0.25) is 4.18 Å². The van der Waals surface area contributed by atoms with Crippen molar-refractivity contribution in [1.29, 1.82) is 0 Å². The van der Waals surface area contributed by atoms with Crippen molar-refractivity contribution in [1.82, 2.24) is 0 Å². The molecule has 0 heterocycles. The molecule has 0 rings (SSSR count). The van der Waals surface area contributed by atoms with Crippen molar-refractivity contribution in [3.05, 3.63) is 0 Å². The zero-order chi connectivity index (χ0) is 12.3. The van der Waals surface area contributed by atoms with Crippen LogP contribution in [0.4, 0.5) is 0 Å². The Kier molecular flexibility index (Phi) is 16.6. The van der Waals surface area contributed by atoms with E-state index in [9.17, 15) is 8.76 Å². The second-order valence-corrected chi connectivity index (χ2v) is 6.34. The van der Waals surface area contributed by atoms with Crippen LogP contribution in [0.5, 0.6) is 0 Å². The van der Waals surface area contributed by atoms with E-state index in [2.05, 4.69) is 22.3 Å². The van der Waals surface area contributed by atoms with Crippen molar-refractivity contribution >= 4 is 20.2 Å². The van der Waals surface area contributed by atoms with E-state index in [0.29, 0.717) is 0 Å². The maximum Gasteiger partial charge on any atom is 1.00 e. The predicted molar refractivity (Wildman–Crippen MR) is 69.5 cm³/mol. The van der Waals surface area contributed by atoms with Gasteiger partial charge in [-0.15, -0.1) is 0 Å². The molecular formula is C11H23NaO3S2. The van der Waals surface area contributed by atoms with Crippen LogP contribution in [0.2, 0.25) is 0 Å². The van der Waals surface area contributed by atoms with E-state index in [1.54, 1.807) is 0 Å². The van der Waals surface area contributed by atoms with Gasteiger partial charge in [-0.25, -0.2) is 4.21 Å². The first-order valence-electron chi connectivity index (χ1n) is 6.16. The van der Waals surface area contributed by atoms with E-state index >= 15 is 0 Å². The van der Waals surface area contributed by atoms with Crippen molar-refractivity contribution in [3.8, 4) is 0 Å². The first-order valence-corrected chi connectivity index (χ1v) is 8.50. The zero-order valence-electron chi connectivity index (χ0n) is 11.1. The van der Waals surface area contributed by atoms with Crippen molar-refractivity contribution in [2.24, 2.45) is 0 Å². The molecule has 0 radical (unpaired) electrons. The largest absolute Gasteiger partial charge is 1.00 e. The molecule has 0 saturated heterocycles. The van der Waals surface area contributed by atoms with Crippen LogP contribution >= 0.6 is 0 Å². The van der Waals surface area contributed by atoms with Gasteiger partial charge in [0.2, 0.25) is 0 Å².